The molecule has 0 saturated carbocycles. The molecule has 1 aliphatic rings. The van der Waals surface area contributed by atoms with Gasteiger partial charge in [-0.05, 0) is 40.8 Å². The molecule has 0 spiro atoms. The smallest absolute Gasteiger partial charge is 0.101 e. The Bertz CT molecular complexity index is 760. The summed E-state index contributed by atoms with van der Waals surface area (Å²) in [5.41, 5.74) is 2.48. The molecule has 2 rings (SSSR count). The van der Waals surface area contributed by atoms with E-state index in [1.807, 2.05) is 12.1 Å². The summed E-state index contributed by atoms with van der Waals surface area (Å²) in [5, 5.41) is 20.3. The van der Waals surface area contributed by atoms with E-state index in [4.69, 9.17) is 10.5 Å². The van der Waals surface area contributed by atoms with E-state index in [1.54, 1.807) is 0 Å². The van der Waals surface area contributed by atoms with Gasteiger partial charge in [-0.15, -0.1) is 0 Å². The van der Waals surface area contributed by atoms with E-state index in [0.717, 1.165) is 23.3 Å². The van der Waals surface area contributed by atoms with Crippen molar-refractivity contribution >= 4 is 12.2 Å². The van der Waals surface area contributed by atoms with Crippen molar-refractivity contribution in [2.45, 2.75) is 33.6 Å². The largest absolute Gasteiger partial charge is 0.192 e. The second-order valence-corrected chi connectivity index (χ2v) is 6.08. The summed E-state index contributed by atoms with van der Waals surface area (Å²) in [5.74, 6) is 0. The van der Waals surface area contributed by atoms with E-state index in [0.29, 0.717) is 11.1 Å². The SMILES string of the molecule is CC(C)(C)/C1=C/CC=c2cc(C#N)c(C#N)c/c2=C/C1. The van der Waals surface area contributed by atoms with Crippen LogP contribution in [0.15, 0.2) is 23.8 Å². The predicted molar refractivity (Wildman–Crippen MR) is 80.8 cm³/mol. The van der Waals surface area contributed by atoms with Crippen molar-refractivity contribution in [3.05, 3.63) is 45.3 Å². The van der Waals surface area contributed by atoms with Gasteiger partial charge in [-0.1, -0.05) is 44.6 Å². The maximum absolute atomic E-state index is 9.12. The monoisotopic (exact) mass is 262 g/mol. The third-order valence-corrected chi connectivity index (χ3v) is 3.67. The minimum atomic E-state index is 0.159. The normalized spacial score (nSPS) is 18.6. The Labute approximate surface area is 120 Å². The third kappa shape index (κ3) is 2.81. The highest BCUT2D eigenvalue weighted by Gasteiger charge is 2.15. The van der Waals surface area contributed by atoms with Crippen LogP contribution in [0.1, 0.15) is 44.7 Å². The average Bonchev–Trinajstić information content (AvgIpc) is 2.37. The zero-order chi connectivity index (χ0) is 14.8. The standard InChI is InChI=1S/C18H18N2/c1-18(2,3)17-6-4-5-13-9-15(11-19)16(12-20)10-14(13)7-8-17/h5-7,9-10H,4,8H2,1-3H3/b13-5?,14-7-,17-6+. The van der Waals surface area contributed by atoms with Gasteiger partial charge < -0.3 is 0 Å². The van der Waals surface area contributed by atoms with Crippen molar-refractivity contribution in [1.29, 1.82) is 10.5 Å². The molecule has 20 heavy (non-hydrogen) atoms. The number of fused-ring (bicyclic) bond motifs is 1. The lowest BCUT2D eigenvalue weighted by molar-refractivity contribution is 0.494. The van der Waals surface area contributed by atoms with Crippen molar-refractivity contribution in [1.82, 2.24) is 0 Å². The van der Waals surface area contributed by atoms with E-state index in [-0.39, 0.29) is 5.41 Å². The van der Waals surface area contributed by atoms with Crippen molar-refractivity contribution in [2.24, 2.45) is 5.41 Å². The Hall–Kier alpha value is -2.32. The third-order valence-electron chi connectivity index (χ3n) is 3.67. The van der Waals surface area contributed by atoms with Crippen LogP contribution in [-0.4, -0.2) is 0 Å². The average molecular weight is 262 g/mol. The molecule has 0 saturated heterocycles. The first-order valence-corrected chi connectivity index (χ1v) is 6.80. The number of allylic oxidation sites excluding steroid dienone is 2. The lowest BCUT2D eigenvalue weighted by atomic mass is 9.83. The van der Waals surface area contributed by atoms with Crippen molar-refractivity contribution in [3.8, 4) is 12.1 Å². The van der Waals surface area contributed by atoms with Crippen LogP contribution in [-0.2, 0) is 0 Å². The van der Waals surface area contributed by atoms with Gasteiger partial charge in [-0.3, -0.25) is 0 Å². The number of rotatable bonds is 0. The van der Waals surface area contributed by atoms with E-state index >= 15 is 0 Å². The molecule has 0 amide bonds. The van der Waals surface area contributed by atoms with Gasteiger partial charge in [-0.25, -0.2) is 0 Å². The Morgan fingerprint density at radius 3 is 1.95 bits per heavy atom. The van der Waals surface area contributed by atoms with Gasteiger partial charge in [0.25, 0.3) is 0 Å². The summed E-state index contributed by atoms with van der Waals surface area (Å²) >= 11 is 0. The van der Waals surface area contributed by atoms with Crippen molar-refractivity contribution in [2.75, 3.05) is 0 Å². The molecule has 0 aliphatic heterocycles. The molecular formula is C18H18N2. The summed E-state index contributed by atoms with van der Waals surface area (Å²) in [6.07, 6.45) is 8.30. The van der Waals surface area contributed by atoms with Gasteiger partial charge in [0, 0.05) is 0 Å². The quantitative estimate of drug-likeness (QED) is 0.675. The van der Waals surface area contributed by atoms with E-state index < -0.39 is 0 Å². The van der Waals surface area contributed by atoms with E-state index in [2.05, 4.69) is 51.1 Å². The first-order chi connectivity index (χ1) is 9.45. The molecule has 0 aromatic heterocycles. The number of hydrogen-bond donors (Lipinski definition) is 0. The van der Waals surface area contributed by atoms with Gasteiger partial charge in [0.1, 0.15) is 12.1 Å². The highest BCUT2D eigenvalue weighted by molar-refractivity contribution is 5.50. The highest BCUT2D eigenvalue weighted by atomic mass is 14.3. The Balaban J connectivity index is 2.60. The molecule has 0 heterocycles. The minimum Gasteiger partial charge on any atom is -0.192 e. The van der Waals surface area contributed by atoms with Crippen LogP contribution < -0.4 is 10.4 Å². The fraction of sp³-hybridized carbons (Fsp3) is 0.333. The van der Waals surface area contributed by atoms with Crippen LogP contribution in [0.25, 0.3) is 12.2 Å². The molecule has 1 aliphatic carbocycles. The molecular weight excluding hydrogens is 244 g/mol. The Morgan fingerprint density at radius 2 is 1.45 bits per heavy atom. The van der Waals surface area contributed by atoms with Crippen LogP contribution in [0.5, 0.6) is 0 Å². The summed E-state index contributed by atoms with van der Waals surface area (Å²) in [6, 6.07) is 7.85. The number of nitrogens with zero attached hydrogens (tertiary/aromatic N) is 2. The highest BCUT2D eigenvalue weighted by Crippen LogP contribution is 2.28. The molecule has 2 heteroatoms. The molecule has 100 valence electrons. The summed E-state index contributed by atoms with van der Waals surface area (Å²) in [6.45, 7) is 6.65. The Kier molecular flexibility index (Phi) is 3.77. The molecule has 0 fully saturated rings. The number of benzene rings is 1. The molecule has 1 aromatic rings. The lowest BCUT2D eigenvalue weighted by Gasteiger charge is -2.22. The molecule has 0 bridgehead atoms. The lowest BCUT2D eigenvalue weighted by Crippen LogP contribution is -2.27. The van der Waals surface area contributed by atoms with Gasteiger partial charge >= 0.3 is 0 Å². The van der Waals surface area contributed by atoms with Gasteiger partial charge in [-0.2, -0.15) is 10.5 Å². The van der Waals surface area contributed by atoms with E-state index in [9.17, 15) is 0 Å². The van der Waals surface area contributed by atoms with Crippen molar-refractivity contribution in [3.63, 3.8) is 0 Å². The number of nitriles is 2. The van der Waals surface area contributed by atoms with Crippen LogP contribution >= 0.6 is 0 Å². The fourth-order valence-electron chi connectivity index (χ4n) is 2.42. The van der Waals surface area contributed by atoms with Crippen LogP contribution in [0.4, 0.5) is 0 Å². The van der Waals surface area contributed by atoms with Crippen LogP contribution in [0.3, 0.4) is 0 Å². The van der Waals surface area contributed by atoms with Crippen LogP contribution in [0.2, 0.25) is 0 Å². The molecule has 0 N–H and O–H groups in total. The minimum absolute atomic E-state index is 0.159. The zero-order valence-electron chi connectivity index (χ0n) is 12.2. The summed E-state index contributed by atoms with van der Waals surface area (Å²) < 4.78 is 0. The van der Waals surface area contributed by atoms with Crippen LogP contribution in [0, 0.1) is 28.1 Å². The van der Waals surface area contributed by atoms with E-state index in [1.165, 1.54) is 5.57 Å². The first kappa shape index (κ1) is 14.1. The second-order valence-electron chi connectivity index (χ2n) is 6.08. The molecule has 0 radical (unpaired) electrons. The first-order valence-electron chi connectivity index (χ1n) is 6.80. The topological polar surface area (TPSA) is 47.6 Å². The summed E-state index contributed by atoms with van der Waals surface area (Å²) in [7, 11) is 0. The second kappa shape index (κ2) is 5.35. The molecule has 1 aromatic carbocycles. The Morgan fingerprint density at radius 1 is 0.900 bits per heavy atom. The molecule has 0 unspecified atom stereocenters. The van der Waals surface area contributed by atoms with Crippen molar-refractivity contribution < 1.29 is 0 Å². The van der Waals surface area contributed by atoms with Gasteiger partial charge in [0.15, 0.2) is 0 Å². The maximum atomic E-state index is 9.12. The molecule has 2 nitrogen and oxygen atoms in total. The maximum Gasteiger partial charge on any atom is 0.101 e. The van der Waals surface area contributed by atoms with Gasteiger partial charge in [0.05, 0.1) is 11.1 Å². The fourth-order valence-corrected chi connectivity index (χ4v) is 2.42. The predicted octanol–water partition coefficient (Wildman–Crippen LogP) is 2.76. The van der Waals surface area contributed by atoms with Gasteiger partial charge in [0.2, 0.25) is 0 Å². The number of hydrogen-bond acceptors (Lipinski definition) is 2. The molecule has 0 atom stereocenters. The zero-order valence-corrected chi connectivity index (χ0v) is 12.2. The summed E-state index contributed by atoms with van der Waals surface area (Å²) in [4.78, 5) is 0.